The maximum Gasteiger partial charge on any atom is 0.167 e. The average Bonchev–Trinajstić information content (AvgIpc) is 2.44. The van der Waals surface area contributed by atoms with Crippen LogP contribution in [0, 0.1) is 17.1 Å². The van der Waals surface area contributed by atoms with Gasteiger partial charge < -0.3 is 10.1 Å². The van der Waals surface area contributed by atoms with Gasteiger partial charge in [0.2, 0.25) is 0 Å². The molecule has 5 heteroatoms. The number of hydrogen-bond acceptors (Lipinski definition) is 3. The molecule has 0 fully saturated rings. The molecule has 0 amide bonds. The predicted molar refractivity (Wildman–Crippen MR) is 79.7 cm³/mol. The second-order valence-electron chi connectivity index (χ2n) is 4.00. The van der Waals surface area contributed by atoms with Crippen molar-refractivity contribution in [2.45, 2.75) is 6.92 Å². The smallest absolute Gasteiger partial charge is 0.167 e. The molecule has 0 aliphatic rings. The molecule has 2 aromatic carbocycles. The fraction of sp³-hybridized carbons (Fsp3) is 0.133. The number of benzene rings is 2. The number of nitrogens with one attached hydrogen (secondary N) is 1. The van der Waals surface area contributed by atoms with E-state index in [1.54, 1.807) is 31.2 Å². The van der Waals surface area contributed by atoms with Crippen molar-refractivity contribution in [2.75, 3.05) is 11.9 Å². The van der Waals surface area contributed by atoms with Gasteiger partial charge in [0.15, 0.2) is 11.6 Å². The quantitative estimate of drug-likeness (QED) is 0.888. The van der Waals surface area contributed by atoms with E-state index in [2.05, 4.69) is 27.3 Å². The maximum atomic E-state index is 13.7. The van der Waals surface area contributed by atoms with Gasteiger partial charge in [0.25, 0.3) is 0 Å². The summed E-state index contributed by atoms with van der Waals surface area (Å²) in [5, 5.41) is 12.1. The highest BCUT2D eigenvalue weighted by Gasteiger charge is 2.07. The van der Waals surface area contributed by atoms with E-state index in [4.69, 9.17) is 10.00 Å². The molecule has 0 radical (unpaired) electrons. The molecule has 0 unspecified atom stereocenters. The number of anilines is 2. The Labute approximate surface area is 125 Å². The van der Waals surface area contributed by atoms with Crippen molar-refractivity contribution < 1.29 is 9.13 Å². The van der Waals surface area contributed by atoms with Gasteiger partial charge in [-0.05, 0) is 37.3 Å². The van der Waals surface area contributed by atoms with Gasteiger partial charge in [-0.25, -0.2) is 4.39 Å². The van der Waals surface area contributed by atoms with E-state index < -0.39 is 5.82 Å². The minimum Gasteiger partial charge on any atom is -0.491 e. The lowest BCUT2D eigenvalue weighted by molar-refractivity contribution is 0.321. The first-order valence-corrected chi connectivity index (χ1v) is 6.82. The number of nitriles is 1. The standard InChI is InChI=1S/C15H12BrFN2O/c1-2-20-15-6-4-12(8-13(15)17)19-14-5-3-11(16)7-10(14)9-18/h3-8,19H,2H2,1H3. The Bertz CT molecular complexity index is 667. The number of halogens is 2. The molecule has 102 valence electrons. The Hall–Kier alpha value is -2.06. The molecule has 3 nitrogen and oxygen atoms in total. The van der Waals surface area contributed by atoms with Gasteiger partial charge in [-0.15, -0.1) is 0 Å². The number of ether oxygens (including phenoxy) is 1. The van der Waals surface area contributed by atoms with Crippen molar-refractivity contribution in [1.82, 2.24) is 0 Å². The van der Waals surface area contributed by atoms with Gasteiger partial charge in [-0.3, -0.25) is 0 Å². The first kappa shape index (κ1) is 14.4. The van der Waals surface area contributed by atoms with Crippen LogP contribution in [0.15, 0.2) is 40.9 Å². The lowest BCUT2D eigenvalue weighted by Gasteiger charge is -2.10. The van der Waals surface area contributed by atoms with E-state index in [1.165, 1.54) is 6.07 Å². The molecule has 0 saturated heterocycles. The molecular formula is C15H12BrFN2O. The maximum absolute atomic E-state index is 13.7. The van der Waals surface area contributed by atoms with Crippen molar-refractivity contribution in [3.8, 4) is 11.8 Å². The summed E-state index contributed by atoms with van der Waals surface area (Å²) in [6, 6.07) is 12.0. The van der Waals surface area contributed by atoms with Crippen molar-refractivity contribution in [3.63, 3.8) is 0 Å². The second kappa shape index (κ2) is 6.40. The van der Waals surface area contributed by atoms with Gasteiger partial charge in [0.1, 0.15) is 6.07 Å². The summed E-state index contributed by atoms with van der Waals surface area (Å²) in [5.41, 5.74) is 1.66. The molecule has 2 aromatic rings. The van der Waals surface area contributed by atoms with Crippen molar-refractivity contribution in [2.24, 2.45) is 0 Å². The van der Waals surface area contributed by atoms with E-state index in [0.29, 0.717) is 23.5 Å². The first-order chi connectivity index (χ1) is 9.63. The normalized spacial score (nSPS) is 9.90. The van der Waals surface area contributed by atoms with Crippen molar-refractivity contribution in [1.29, 1.82) is 5.26 Å². The summed E-state index contributed by atoms with van der Waals surface area (Å²) < 4.78 is 19.7. The van der Waals surface area contributed by atoms with Crippen LogP contribution in [0.4, 0.5) is 15.8 Å². The number of nitrogens with zero attached hydrogens (tertiary/aromatic N) is 1. The summed E-state index contributed by atoms with van der Waals surface area (Å²) in [6.07, 6.45) is 0. The largest absolute Gasteiger partial charge is 0.491 e. The Morgan fingerprint density at radius 3 is 2.75 bits per heavy atom. The van der Waals surface area contributed by atoms with Gasteiger partial charge in [-0.2, -0.15) is 5.26 Å². The van der Waals surface area contributed by atoms with Gasteiger partial charge >= 0.3 is 0 Å². The van der Waals surface area contributed by atoms with E-state index in [9.17, 15) is 4.39 Å². The van der Waals surface area contributed by atoms with Crippen LogP contribution in [-0.4, -0.2) is 6.61 Å². The van der Waals surface area contributed by atoms with Gasteiger partial charge in [0.05, 0.1) is 17.9 Å². The summed E-state index contributed by atoms with van der Waals surface area (Å²) in [7, 11) is 0. The zero-order chi connectivity index (χ0) is 14.5. The second-order valence-corrected chi connectivity index (χ2v) is 4.92. The number of rotatable bonds is 4. The summed E-state index contributed by atoms with van der Waals surface area (Å²) in [6.45, 7) is 2.21. The van der Waals surface area contributed by atoms with Crippen LogP contribution < -0.4 is 10.1 Å². The highest BCUT2D eigenvalue weighted by Crippen LogP contribution is 2.27. The van der Waals surface area contributed by atoms with E-state index in [-0.39, 0.29) is 5.75 Å². The molecule has 0 bridgehead atoms. The zero-order valence-electron chi connectivity index (χ0n) is 10.8. The summed E-state index contributed by atoms with van der Waals surface area (Å²) >= 11 is 3.31. The molecule has 0 saturated carbocycles. The van der Waals surface area contributed by atoms with Crippen LogP contribution in [0.2, 0.25) is 0 Å². The Kier molecular flexibility index (Phi) is 4.59. The van der Waals surface area contributed by atoms with Crippen LogP contribution in [-0.2, 0) is 0 Å². The lowest BCUT2D eigenvalue weighted by Crippen LogP contribution is -1.97. The number of hydrogen-bond donors (Lipinski definition) is 1. The lowest BCUT2D eigenvalue weighted by atomic mass is 10.2. The van der Waals surface area contributed by atoms with Crippen molar-refractivity contribution in [3.05, 3.63) is 52.3 Å². The minimum absolute atomic E-state index is 0.217. The van der Waals surface area contributed by atoms with Gasteiger partial charge in [0, 0.05) is 16.2 Å². The van der Waals surface area contributed by atoms with Crippen LogP contribution in [0.5, 0.6) is 5.75 Å². The third-order valence-corrected chi connectivity index (χ3v) is 3.11. The molecular weight excluding hydrogens is 323 g/mol. The molecule has 0 atom stereocenters. The zero-order valence-corrected chi connectivity index (χ0v) is 12.4. The Morgan fingerprint density at radius 1 is 1.30 bits per heavy atom. The van der Waals surface area contributed by atoms with Crippen LogP contribution in [0.1, 0.15) is 12.5 Å². The molecule has 0 heterocycles. The average molecular weight is 335 g/mol. The van der Waals surface area contributed by atoms with Crippen LogP contribution in [0.25, 0.3) is 0 Å². The Balaban J connectivity index is 2.27. The highest BCUT2D eigenvalue weighted by molar-refractivity contribution is 9.10. The molecule has 0 spiro atoms. The van der Waals surface area contributed by atoms with E-state index in [1.807, 2.05) is 6.07 Å². The summed E-state index contributed by atoms with van der Waals surface area (Å²) in [5.74, 6) is -0.221. The minimum atomic E-state index is -0.438. The molecule has 2 rings (SSSR count). The third kappa shape index (κ3) is 3.28. The molecule has 0 aliphatic carbocycles. The van der Waals surface area contributed by atoms with Gasteiger partial charge in [-0.1, -0.05) is 15.9 Å². The molecule has 1 N–H and O–H groups in total. The highest BCUT2D eigenvalue weighted by atomic mass is 79.9. The van der Waals surface area contributed by atoms with Crippen LogP contribution in [0.3, 0.4) is 0 Å². The first-order valence-electron chi connectivity index (χ1n) is 6.03. The Morgan fingerprint density at radius 2 is 2.10 bits per heavy atom. The monoisotopic (exact) mass is 334 g/mol. The van der Waals surface area contributed by atoms with E-state index >= 15 is 0 Å². The molecule has 20 heavy (non-hydrogen) atoms. The fourth-order valence-corrected chi connectivity index (χ4v) is 2.09. The predicted octanol–water partition coefficient (Wildman–Crippen LogP) is 4.60. The fourth-order valence-electron chi connectivity index (χ4n) is 1.72. The SMILES string of the molecule is CCOc1ccc(Nc2ccc(Br)cc2C#N)cc1F. The van der Waals surface area contributed by atoms with Crippen LogP contribution >= 0.6 is 15.9 Å². The molecule has 0 aromatic heterocycles. The van der Waals surface area contributed by atoms with E-state index in [0.717, 1.165) is 4.47 Å². The molecule has 0 aliphatic heterocycles. The third-order valence-electron chi connectivity index (χ3n) is 2.61. The topological polar surface area (TPSA) is 45.0 Å². The summed E-state index contributed by atoms with van der Waals surface area (Å²) in [4.78, 5) is 0. The van der Waals surface area contributed by atoms with Crippen molar-refractivity contribution >= 4 is 27.3 Å².